The van der Waals surface area contributed by atoms with Gasteiger partial charge in [0, 0.05) is 12.3 Å². The summed E-state index contributed by atoms with van der Waals surface area (Å²) in [7, 11) is -2.97. The fraction of sp³-hybridized carbons (Fsp3) is 0.455. The smallest absolute Gasteiger partial charge is 0.149 e. The van der Waals surface area contributed by atoms with Crippen molar-refractivity contribution < 1.29 is 8.42 Å². The molecule has 0 radical (unpaired) electrons. The zero-order valence-corrected chi connectivity index (χ0v) is 11.2. The van der Waals surface area contributed by atoms with Crippen molar-refractivity contribution in [2.45, 2.75) is 19.9 Å². The van der Waals surface area contributed by atoms with Crippen molar-refractivity contribution in [1.29, 1.82) is 0 Å². The normalized spacial score (nSPS) is 13.5. The highest BCUT2D eigenvalue weighted by atomic mass is 35.5. The molecule has 0 heterocycles. The summed E-state index contributed by atoms with van der Waals surface area (Å²) in [4.78, 5) is 0. The average molecular weight is 262 g/mol. The minimum Gasteiger partial charge on any atom is -0.380 e. The first-order valence-corrected chi connectivity index (χ1v) is 7.42. The Bertz CT molecular complexity index is 471. The van der Waals surface area contributed by atoms with Crippen LogP contribution in [0.4, 0.5) is 5.69 Å². The Morgan fingerprint density at radius 3 is 2.56 bits per heavy atom. The van der Waals surface area contributed by atoms with E-state index in [4.69, 9.17) is 11.6 Å². The molecule has 0 aliphatic carbocycles. The molecule has 5 heteroatoms. The van der Waals surface area contributed by atoms with Gasteiger partial charge >= 0.3 is 0 Å². The second kappa shape index (κ2) is 5.06. The molecule has 0 bridgehead atoms. The summed E-state index contributed by atoms with van der Waals surface area (Å²) in [6.07, 6.45) is 1.22. The van der Waals surface area contributed by atoms with Crippen LogP contribution in [0.25, 0.3) is 0 Å². The largest absolute Gasteiger partial charge is 0.380 e. The van der Waals surface area contributed by atoms with Crippen LogP contribution in [0.3, 0.4) is 0 Å². The lowest BCUT2D eigenvalue weighted by Crippen LogP contribution is -2.25. The van der Waals surface area contributed by atoms with Crippen molar-refractivity contribution in [2.24, 2.45) is 0 Å². The quantitative estimate of drug-likeness (QED) is 0.906. The lowest BCUT2D eigenvalue weighted by atomic mass is 10.2. The van der Waals surface area contributed by atoms with Crippen LogP contribution in [0.15, 0.2) is 18.2 Å². The highest BCUT2D eigenvalue weighted by molar-refractivity contribution is 7.90. The van der Waals surface area contributed by atoms with E-state index in [0.29, 0.717) is 5.02 Å². The topological polar surface area (TPSA) is 46.2 Å². The number of hydrogen-bond donors (Lipinski definition) is 1. The fourth-order valence-electron chi connectivity index (χ4n) is 1.50. The molecule has 0 aromatic heterocycles. The first-order valence-electron chi connectivity index (χ1n) is 4.98. The molecule has 0 spiro atoms. The van der Waals surface area contributed by atoms with E-state index in [-0.39, 0.29) is 11.8 Å². The first-order chi connectivity index (χ1) is 7.28. The molecule has 0 saturated carbocycles. The third kappa shape index (κ3) is 4.41. The Morgan fingerprint density at radius 1 is 1.44 bits per heavy atom. The third-order valence-corrected chi connectivity index (χ3v) is 3.50. The molecule has 1 unspecified atom stereocenters. The number of benzene rings is 1. The molecular weight excluding hydrogens is 246 g/mol. The summed E-state index contributed by atoms with van der Waals surface area (Å²) in [6.45, 7) is 3.77. The molecule has 3 nitrogen and oxygen atoms in total. The SMILES string of the molecule is Cc1ccc(NC(C)CS(C)(=O)=O)c(Cl)c1. The standard InChI is InChI=1S/C11H16ClNO2S/c1-8-4-5-11(10(12)6-8)13-9(2)7-16(3,14)15/h4-6,9,13H,7H2,1-3H3. The summed E-state index contributed by atoms with van der Waals surface area (Å²) in [5, 5.41) is 3.69. The average Bonchev–Trinajstić information content (AvgIpc) is 2.06. The van der Waals surface area contributed by atoms with Crippen LogP contribution >= 0.6 is 11.6 Å². The van der Waals surface area contributed by atoms with Gasteiger partial charge in [-0.05, 0) is 31.5 Å². The van der Waals surface area contributed by atoms with Gasteiger partial charge in [-0.25, -0.2) is 8.42 Å². The highest BCUT2D eigenvalue weighted by Crippen LogP contribution is 2.23. The van der Waals surface area contributed by atoms with E-state index in [0.717, 1.165) is 11.3 Å². The molecule has 0 saturated heterocycles. The molecule has 1 N–H and O–H groups in total. The number of sulfone groups is 1. The predicted molar refractivity (Wildman–Crippen MR) is 69.0 cm³/mol. The van der Waals surface area contributed by atoms with Gasteiger partial charge in [-0.2, -0.15) is 0 Å². The number of hydrogen-bond acceptors (Lipinski definition) is 3. The van der Waals surface area contributed by atoms with E-state index >= 15 is 0 Å². The van der Waals surface area contributed by atoms with E-state index in [2.05, 4.69) is 5.32 Å². The maximum atomic E-state index is 11.1. The Labute approximate surface area is 102 Å². The molecule has 16 heavy (non-hydrogen) atoms. The van der Waals surface area contributed by atoms with Crippen LogP contribution < -0.4 is 5.32 Å². The lowest BCUT2D eigenvalue weighted by Gasteiger charge is -2.15. The summed E-state index contributed by atoms with van der Waals surface area (Å²) in [5.41, 5.74) is 1.84. The maximum absolute atomic E-state index is 11.1. The van der Waals surface area contributed by atoms with E-state index in [9.17, 15) is 8.42 Å². The van der Waals surface area contributed by atoms with Gasteiger partial charge in [-0.15, -0.1) is 0 Å². The zero-order chi connectivity index (χ0) is 12.3. The van der Waals surface area contributed by atoms with Crippen LogP contribution in [0.5, 0.6) is 0 Å². The molecule has 1 aromatic carbocycles. The van der Waals surface area contributed by atoms with Crippen LogP contribution in [-0.4, -0.2) is 26.5 Å². The molecule has 1 atom stereocenters. The first kappa shape index (κ1) is 13.3. The van der Waals surface area contributed by atoms with Gasteiger partial charge in [0.05, 0.1) is 16.5 Å². The molecule has 90 valence electrons. The Morgan fingerprint density at radius 2 is 2.06 bits per heavy atom. The van der Waals surface area contributed by atoms with E-state index in [1.54, 1.807) is 0 Å². The van der Waals surface area contributed by atoms with Crippen molar-refractivity contribution >= 4 is 27.1 Å². The van der Waals surface area contributed by atoms with E-state index in [1.165, 1.54) is 6.26 Å². The van der Waals surface area contributed by atoms with Gasteiger partial charge in [-0.3, -0.25) is 0 Å². The minimum absolute atomic E-state index is 0.0944. The molecular formula is C11H16ClNO2S. The van der Waals surface area contributed by atoms with Crippen LogP contribution in [0.2, 0.25) is 5.02 Å². The predicted octanol–water partition coefficient (Wildman–Crippen LogP) is 2.49. The van der Waals surface area contributed by atoms with Crippen LogP contribution in [0.1, 0.15) is 12.5 Å². The summed E-state index contributed by atoms with van der Waals surface area (Å²) in [5.74, 6) is 0.0944. The molecule has 1 aromatic rings. The second-order valence-corrected chi connectivity index (χ2v) is 6.71. The van der Waals surface area contributed by atoms with Gasteiger partial charge in [0.15, 0.2) is 0 Å². The number of aryl methyl sites for hydroxylation is 1. The summed E-state index contributed by atoms with van der Waals surface area (Å²) < 4.78 is 22.2. The molecule has 0 amide bonds. The minimum atomic E-state index is -2.97. The second-order valence-electron chi connectivity index (χ2n) is 4.12. The van der Waals surface area contributed by atoms with Crippen molar-refractivity contribution in [3.63, 3.8) is 0 Å². The van der Waals surface area contributed by atoms with Gasteiger partial charge < -0.3 is 5.32 Å². The molecule has 0 aliphatic heterocycles. The maximum Gasteiger partial charge on any atom is 0.149 e. The lowest BCUT2D eigenvalue weighted by molar-refractivity contribution is 0.598. The molecule has 0 fully saturated rings. The fourth-order valence-corrected chi connectivity index (χ4v) is 2.78. The van der Waals surface area contributed by atoms with Crippen molar-refractivity contribution in [3.8, 4) is 0 Å². The van der Waals surface area contributed by atoms with E-state index < -0.39 is 9.84 Å². The van der Waals surface area contributed by atoms with Crippen molar-refractivity contribution in [1.82, 2.24) is 0 Å². The van der Waals surface area contributed by atoms with Crippen LogP contribution in [-0.2, 0) is 9.84 Å². The number of anilines is 1. The number of rotatable bonds is 4. The Hall–Kier alpha value is -0.740. The van der Waals surface area contributed by atoms with Gasteiger partial charge in [0.25, 0.3) is 0 Å². The monoisotopic (exact) mass is 261 g/mol. The third-order valence-electron chi connectivity index (χ3n) is 2.08. The molecule has 1 rings (SSSR count). The summed E-state index contributed by atoms with van der Waals surface area (Å²) in [6, 6.07) is 5.48. The van der Waals surface area contributed by atoms with Gasteiger partial charge in [0.2, 0.25) is 0 Å². The number of halogens is 1. The van der Waals surface area contributed by atoms with Gasteiger partial charge in [-0.1, -0.05) is 17.7 Å². The van der Waals surface area contributed by atoms with Crippen LogP contribution in [0, 0.1) is 6.92 Å². The zero-order valence-electron chi connectivity index (χ0n) is 9.62. The van der Waals surface area contributed by atoms with E-state index in [1.807, 2.05) is 32.0 Å². The molecule has 0 aliphatic rings. The summed E-state index contributed by atoms with van der Waals surface area (Å²) >= 11 is 6.03. The van der Waals surface area contributed by atoms with Crippen molar-refractivity contribution in [2.75, 3.05) is 17.3 Å². The highest BCUT2D eigenvalue weighted by Gasteiger charge is 2.11. The Kier molecular flexibility index (Phi) is 4.21. The number of nitrogens with one attached hydrogen (secondary N) is 1. The van der Waals surface area contributed by atoms with Crippen molar-refractivity contribution in [3.05, 3.63) is 28.8 Å². The van der Waals surface area contributed by atoms with Gasteiger partial charge in [0.1, 0.15) is 9.84 Å². The Balaban J connectivity index is 2.73.